The lowest BCUT2D eigenvalue weighted by atomic mass is 9.77. The monoisotopic (exact) mass is 337 g/mol. The second-order valence-corrected chi connectivity index (χ2v) is 8.90. The van der Waals surface area contributed by atoms with Crippen LogP contribution in [-0.4, -0.2) is 45.3 Å². The minimum absolute atomic E-state index is 0.0638. The van der Waals surface area contributed by atoms with Crippen molar-refractivity contribution in [3.63, 3.8) is 0 Å². The van der Waals surface area contributed by atoms with Crippen molar-refractivity contribution in [3.8, 4) is 6.07 Å². The maximum absolute atomic E-state index is 9.53. The molecule has 0 N–H and O–H groups in total. The van der Waals surface area contributed by atoms with Crippen LogP contribution >= 0.6 is 0 Å². The van der Waals surface area contributed by atoms with E-state index in [0.717, 1.165) is 38.8 Å². The number of piperazine rings is 1. The van der Waals surface area contributed by atoms with E-state index in [-0.39, 0.29) is 16.6 Å². The van der Waals surface area contributed by atoms with Crippen LogP contribution in [0.5, 0.6) is 0 Å². The van der Waals surface area contributed by atoms with Gasteiger partial charge in [-0.05, 0) is 60.3 Å². The van der Waals surface area contributed by atoms with Crippen LogP contribution < -0.4 is 0 Å². The van der Waals surface area contributed by atoms with Gasteiger partial charge in [-0.1, -0.05) is 27.7 Å². The molecule has 140 valence electrons. The van der Waals surface area contributed by atoms with E-state index in [0.29, 0.717) is 0 Å². The van der Waals surface area contributed by atoms with Gasteiger partial charge in [0.2, 0.25) is 0 Å². The highest BCUT2D eigenvalue weighted by atomic mass is 16.7. The summed E-state index contributed by atoms with van der Waals surface area (Å²) in [4.78, 5) is 9.05. The quantitative estimate of drug-likeness (QED) is 0.701. The summed E-state index contributed by atoms with van der Waals surface area (Å²) in [5.74, 6) is 0. The van der Waals surface area contributed by atoms with Crippen LogP contribution in [0.4, 0.5) is 0 Å². The van der Waals surface area contributed by atoms with Crippen LogP contribution in [0.2, 0.25) is 0 Å². The van der Waals surface area contributed by atoms with Gasteiger partial charge in [0.1, 0.15) is 0 Å². The number of hydroxylamine groups is 2. The van der Waals surface area contributed by atoms with Crippen molar-refractivity contribution in [1.82, 2.24) is 9.96 Å². The van der Waals surface area contributed by atoms with Gasteiger partial charge in [0, 0.05) is 18.6 Å². The lowest BCUT2D eigenvalue weighted by Crippen LogP contribution is -2.74. The van der Waals surface area contributed by atoms with Gasteiger partial charge < -0.3 is 0 Å². The first kappa shape index (κ1) is 21.4. The Kier molecular flexibility index (Phi) is 6.53. The highest BCUT2D eigenvalue weighted by Gasteiger charge is 2.55. The van der Waals surface area contributed by atoms with E-state index in [1.807, 2.05) is 13.8 Å². The van der Waals surface area contributed by atoms with Crippen molar-refractivity contribution in [3.05, 3.63) is 0 Å². The lowest BCUT2D eigenvalue weighted by molar-refractivity contribution is -0.343. The third-order valence-electron chi connectivity index (χ3n) is 6.00. The molecule has 1 saturated heterocycles. The fourth-order valence-corrected chi connectivity index (χ4v) is 3.84. The molecule has 0 aromatic rings. The summed E-state index contributed by atoms with van der Waals surface area (Å²) in [5, 5.41) is 11.8. The SMILES string of the molecule is CCC1(CC)CN(C(C)(C)C)CC(CC)(CC)N1OC(C)(C)C#N. The zero-order valence-corrected chi connectivity index (χ0v) is 17.5. The highest BCUT2D eigenvalue weighted by molar-refractivity contribution is 5.07. The van der Waals surface area contributed by atoms with E-state index in [1.165, 1.54) is 0 Å². The summed E-state index contributed by atoms with van der Waals surface area (Å²) in [6.45, 7) is 21.6. The van der Waals surface area contributed by atoms with Crippen LogP contribution in [0.3, 0.4) is 0 Å². The van der Waals surface area contributed by atoms with Crippen molar-refractivity contribution in [2.24, 2.45) is 0 Å². The molecule has 1 fully saturated rings. The second kappa shape index (κ2) is 7.32. The van der Waals surface area contributed by atoms with E-state index in [1.54, 1.807) is 0 Å². The molecule has 0 aromatic carbocycles. The van der Waals surface area contributed by atoms with E-state index in [2.05, 4.69) is 64.5 Å². The van der Waals surface area contributed by atoms with Crippen LogP contribution in [-0.2, 0) is 4.84 Å². The van der Waals surface area contributed by atoms with Gasteiger partial charge in [0.25, 0.3) is 0 Å². The standard InChI is InChI=1S/C20H39N3O/c1-10-19(11-2)15-22(17(5,6)7)16-20(12-3,13-4)23(19)24-18(8,9)14-21/h10-13,15-16H2,1-9H3. The van der Waals surface area contributed by atoms with Gasteiger partial charge in [0.05, 0.1) is 17.1 Å². The minimum Gasteiger partial charge on any atom is -0.295 e. The molecular weight excluding hydrogens is 298 g/mol. The number of nitriles is 1. The van der Waals surface area contributed by atoms with Crippen molar-refractivity contribution in [2.75, 3.05) is 13.1 Å². The summed E-state index contributed by atoms with van der Waals surface area (Å²) in [6.07, 6.45) is 4.05. The first-order valence-electron chi connectivity index (χ1n) is 9.61. The molecule has 24 heavy (non-hydrogen) atoms. The largest absolute Gasteiger partial charge is 0.295 e. The van der Waals surface area contributed by atoms with Gasteiger partial charge in [-0.3, -0.25) is 9.74 Å². The first-order valence-corrected chi connectivity index (χ1v) is 9.61. The molecule has 1 heterocycles. The average molecular weight is 338 g/mol. The van der Waals surface area contributed by atoms with Crippen LogP contribution in [0.1, 0.15) is 88.0 Å². The summed E-state index contributed by atoms with van der Waals surface area (Å²) >= 11 is 0. The number of hydrogen-bond donors (Lipinski definition) is 0. The van der Waals surface area contributed by atoms with Crippen LogP contribution in [0.15, 0.2) is 0 Å². The van der Waals surface area contributed by atoms with Crippen LogP contribution in [0, 0.1) is 11.3 Å². The smallest absolute Gasteiger partial charge is 0.170 e. The zero-order valence-electron chi connectivity index (χ0n) is 17.5. The third-order valence-corrected chi connectivity index (χ3v) is 6.00. The Balaban J connectivity index is 3.45. The molecule has 0 bridgehead atoms. The Bertz CT molecular complexity index is 428. The van der Waals surface area contributed by atoms with Crippen molar-refractivity contribution in [2.45, 2.75) is 110 Å². The van der Waals surface area contributed by atoms with Crippen molar-refractivity contribution >= 4 is 0 Å². The Morgan fingerprint density at radius 1 is 0.875 bits per heavy atom. The molecule has 0 atom stereocenters. The molecular formula is C20H39N3O. The van der Waals surface area contributed by atoms with Gasteiger partial charge in [-0.2, -0.15) is 10.3 Å². The van der Waals surface area contributed by atoms with Crippen LogP contribution in [0.25, 0.3) is 0 Å². The van der Waals surface area contributed by atoms with E-state index >= 15 is 0 Å². The normalized spacial score (nSPS) is 22.3. The summed E-state index contributed by atoms with van der Waals surface area (Å²) in [5.41, 5.74) is -0.811. The van der Waals surface area contributed by atoms with E-state index in [4.69, 9.17) is 4.84 Å². The molecule has 0 spiro atoms. The van der Waals surface area contributed by atoms with Gasteiger partial charge >= 0.3 is 0 Å². The van der Waals surface area contributed by atoms with Crippen molar-refractivity contribution in [1.29, 1.82) is 5.26 Å². The Morgan fingerprint density at radius 3 is 1.50 bits per heavy atom. The number of rotatable bonds is 6. The van der Waals surface area contributed by atoms with Gasteiger partial charge in [-0.15, -0.1) is 0 Å². The summed E-state index contributed by atoms with van der Waals surface area (Å²) in [6, 6.07) is 2.32. The number of nitrogens with zero attached hydrogens (tertiary/aromatic N) is 3. The highest BCUT2D eigenvalue weighted by Crippen LogP contribution is 2.44. The predicted octanol–water partition coefficient (Wildman–Crippen LogP) is 4.75. The fraction of sp³-hybridized carbons (Fsp3) is 0.950. The maximum atomic E-state index is 9.53. The predicted molar refractivity (Wildman–Crippen MR) is 101 cm³/mol. The fourth-order valence-electron chi connectivity index (χ4n) is 3.84. The van der Waals surface area contributed by atoms with Gasteiger partial charge in [-0.25, -0.2) is 0 Å². The molecule has 0 saturated carbocycles. The molecule has 4 heteroatoms. The number of hydrogen-bond acceptors (Lipinski definition) is 4. The Labute approximate surface area is 150 Å². The molecule has 4 nitrogen and oxygen atoms in total. The van der Waals surface area contributed by atoms with E-state index in [9.17, 15) is 5.26 Å². The average Bonchev–Trinajstić information content (AvgIpc) is 2.54. The Hall–Kier alpha value is -0.630. The second-order valence-electron chi connectivity index (χ2n) is 8.90. The molecule has 0 unspecified atom stereocenters. The Morgan fingerprint density at radius 2 is 1.25 bits per heavy atom. The third kappa shape index (κ3) is 3.95. The maximum Gasteiger partial charge on any atom is 0.170 e. The molecule has 0 aliphatic carbocycles. The molecule has 1 rings (SSSR count). The van der Waals surface area contributed by atoms with Gasteiger partial charge in [0.15, 0.2) is 5.60 Å². The minimum atomic E-state index is -0.810. The zero-order chi connectivity index (χ0) is 18.8. The molecule has 1 aliphatic heterocycles. The summed E-state index contributed by atoms with van der Waals surface area (Å²) < 4.78 is 0. The lowest BCUT2D eigenvalue weighted by Gasteiger charge is -2.62. The van der Waals surface area contributed by atoms with E-state index < -0.39 is 5.60 Å². The molecule has 0 aromatic heterocycles. The topological polar surface area (TPSA) is 39.5 Å². The molecule has 1 aliphatic rings. The molecule has 0 radical (unpaired) electrons. The van der Waals surface area contributed by atoms with Crippen molar-refractivity contribution < 1.29 is 4.84 Å². The summed E-state index contributed by atoms with van der Waals surface area (Å²) in [7, 11) is 0. The molecule has 0 amide bonds. The first-order chi connectivity index (χ1) is 11.0.